The van der Waals surface area contributed by atoms with E-state index in [4.69, 9.17) is 56.0 Å². The molecule has 0 radical (unpaired) electrons. The number of hydrogen-bond acceptors (Lipinski definition) is 22. The molecule has 3 saturated heterocycles. The number of carbonyl (C=O) groups excluding carboxylic acids is 14. The van der Waals surface area contributed by atoms with Crippen LogP contribution in [0.5, 0.6) is 11.5 Å². The first kappa shape index (κ1) is 112. The molecule has 2 aromatic heterocycles. The molecule has 3 fully saturated rings. The second-order valence-corrected chi connectivity index (χ2v) is 37.3. The van der Waals surface area contributed by atoms with Crippen LogP contribution in [0.3, 0.4) is 0 Å². The number of aromatic nitrogens is 2. The Kier molecular flexibility index (Phi) is 43.7. The molecule has 5 heterocycles. The van der Waals surface area contributed by atoms with Gasteiger partial charge in [-0.3, -0.25) is 88.8 Å². The highest BCUT2D eigenvalue weighted by Gasteiger charge is 2.46. The zero-order valence-electron chi connectivity index (χ0n) is 81.5. The number of amides is 14. The van der Waals surface area contributed by atoms with Crippen molar-refractivity contribution >= 4 is 128 Å². The lowest BCUT2D eigenvalue weighted by molar-refractivity contribution is -0.148. The minimum absolute atomic E-state index is 0.00999. The van der Waals surface area contributed by atoms with Crippen LogP contribution in [0, 0.1) is 33.5 Å². The van der Waals surface area contributed by atoms with Crippen molar-refractivity contribution in [1.29, 1.82) is 21.6 Å². The fourth-order valence-corrected chi connectivity index (χ4v) is 17.8. The fourth-order valence-electron chi connectivity index (χ4n) is 17.8. The number of benzene rings is 4. The highest BCUT2D eigenvalue weighted by Crippen LogP contribution is 2.29. The number of unbranched alkanes of at least 4 members (excludes halogenated alkanes) is 2. The molecule has 46 heteroatoms. The highest BCUT2D eigenvalue weighted by molar-refractivity contribution is 6.02. The van der Waals surface area contributed by atoms with Gasteiger partial charge >= 0.3 is 0 Å². The number of nitrogens with two attached hydrogens (primary N) is 6. The zero-order chi connectivity index (χ0) is 104. The summed E-state index contributed by atoms with van der Waals surface area (Å²) >= 11 is 0. The van der Waals surface area contributed by atoms with Gasteiger partial charge in [-0.25, -0.2) is 0 Å². The summed E-state index contributed by atoms with van der Waals surface area (Å²) in [5, 5.41) is 98.6. The average molecular weight is 1990 g/mol. The molecule has 3 aliphatic rings. The van der Waals surface area contributed by atoms with Gasteiger partial charge in [0.25, 0.3) is 0 Å². The van der Waals surface area contributed by atoms with Crippen molar-refractivity contribution in [3.8, 4) is 11.5 Å². The van der Waals surface area contributed by atoms with Crippen LogP contribution < -0.4 is 119 Å². The number of aromatic amines is 2. The third-order valence-corrected chi connectivity index (χ3v) is 25.3. The Morgan fingerprint density at radius 3 is 1.01 bits per heavy atom. The van der Waals surface area contributed by atoms with Gasteiger partial charge in [-0.05, 0) is 206 Å². The lowest BCUT2D eigenvalue weighted by atomic mass is 9.98. The Morgan fingerprint density at radius 1 is 0.350 bits per heavy atom. The molecule has 0 aliphatic carbocycles. The number of H-pyrrole nitrogens is 2. The first-order valence-electron chi connectivity index (χ1n) is 49.0. The van der Waals surface area contributed by atoms with Gasteiger partial charge in [0, 0.05) is 99.2 Å². The van der Waals surface area contributed by atoms with Crippen LogP contribution in [0.15, 0.2) is 109 Å². The number of carbonyl (C=O) groups is 14. The van der Waals surface area contributed by atoms with Gasteiger partial charge in [-0.15, -0.1) is 0 Å². The monoisotopic (exact) mass is 1990 g/mol. The van der Waals surface area contributed by atoms with Gasteiger partial charge in [0.05, 0.1) is 0 Å². The van der Waals surface area contributed by atoms with E-state index in [0.717, 1.165) is 0 Å². The van der Waals surface area contributed by atoms with Crippen LogP contribution in [0.2, 0.25) is 0 Å². The molecule has 6 aromatic rings. The maximum Gasteiger partial charge on any atom is 0.246 e. The Hall–Kier alpha value is -14.9. The van der Waals surface area contributed by atoms with E-state index in [-0.39, 0.29) is 205 Å². The summed E-state index contributed by atoms with van der Waals surface area (Å²) in [5.41, 5.74) is 38.0. The molecule has 36 N–H and O–H groups in total. The van der Waals surface area contributed by atoms with E-state index in [1.807, 2.05) is 0 Å². The Labute approximate surface area is 829 Å². The number of hydrogen-bond donors (Lipinski definition) is 30. The van der Waals surface area contributed by atoms with Crippen molar-refractivity contribution in [3.63, 3.8) is 0 Å². The first-order valence-corrected chi connectivity index (χ1v) is 49.0. The quantitative estimate of drug-likeness (QED) is 0.0118. The van der Waals surface area contributed by atoms with E-state index in [9.17, 15) is 10.2 Å². The molecule has 143 heavy (non-hydrogen) atoms. The van der Waals surface area contributed by atoms with E-state index in [0.29, 0.717) is 56.9 Å². The predicted octanol–water partition coefficient (Wildman–Crippen LogP) is -1.84. The summed E-state index contributed by atoms with van der Waals surface area (Å²) in [7, 11) is 0. The summed E-state index contributed by atoms with van der Waals surface area (Å²) in [6.07, 6.45) is 3.11. The van der Waals surface area contributed by atoms with E-state index >= 15 is 67.1 Å². The molecule has 14 atom stereocenters. The Balaban J connectivity index is 1.16. The molecule has 3 aliphatic heterocycles. The van der Waals surface area contributed by atoms with Crippen LogP contribution in [0.1, 0.15) is 172 Å². The minimum Gasteiger partial charge on any atom is -0.508 e. The smallest absolute Gasteiger partial charge is 0.246 e. The largest absolute Gasteiger partial charge is 0.508 e. The molecule has 0 unspecified atom stereocenters. The number of fused-ring (bicyclic) bond motifs is 4. The minimum atomic E-state index is -1.66. The van der Waals surface area contributed by atoms with E-state index in [1.54, 1.807) is 88.6 Å². The van der Waals surface area contributed by atoms with Crippen LogP contribution in [0.25, 0.3) is 21.8 Å². The predicted molar refractivity (Wildman–Crippen MR) is 537 cm³/mol. The molecule has 0 spiro atoms. The number of guanidine groups is 4. The van der Waals surface area contributed by atoms with Gasteiger partial charge in [-0.2, -0.15) is 0 Å². The Bertz CT molecular complexity index is 5380. The van der Waals surface area contributed by atoms with E-state index < -0.39 is 197 Å². The van der Waals surface area contributed by atoms with Crippen LogP contribution in [-0.2, 0) is 92.8 Å². The molecule has 0 bridgehead atoms. The summed E-state index contributed by atoms with van der Waals surface area (Å²) in [6.45, 7) is 7.13. The normalized spacial score (nSPS) is 23.0. The number of nitrogens with zero attached hydrogens (tertiary/aromatic N) is 2. The van der Waals surface area contributed by atoms with Gasteiger partial charge in [-0.1, -0.05) is 88.4 Å². The van der Waals surface area contributed by atoms with Gasteiger partial charge < -0.3 is 149 Å². The number of nitrogens with one attached hydrogen (secondary N) is 22. The third kappa shape index (κ3) is 34.8. The average Bonchev–Trinajstić information content (AvgIpc) is 1.65. The second-order valence-electron chi connectivity index (χ2n) is 37.3. The molecule has 778 valence electrons. The molecule has 46 nitrogen and oxygen atoms in total. The van der Waals surface area contributed by atoms with Crippen molar-refractivity contribution in [3.05, 3.63) is 132 Å². The van der Waals surface area contributed by atoms with Gasteiger partial charge in [0.2, 0.25) is 82.7 Å². The van der Waals surface area contributed by atoms with E-state index in [2.05, 4.69) is 95.0 Å². The zero-order valence-corrected chi connectivity index (χ0v) is 81.5. The lowest BCUT2D eigenvalue weighted by Crippen LogP contribution is -2.62. The summed E-state index contributed by atoms with van der Waals surface area (Å²) < 4.78 is 0. The second kappa shape index (κ2) is 56.0. The lowest BCUT2D eigenvalue weighted by Gasteiger charge is -2.34. The molecule has 0 saturated carbocycles. The van der Waals surface area contributed by atoms with Gasteiger partial charge in [0.1, 0.15) is 96.1 Å². The highest BCUT2D eigenvalue weighted by atomic mass is 16.3. The fraction of sp³-hybridized carbons (Fsp3) is 0.526. The SMILES string of the molecule is CC(C)C[C@@H]1NC(=O)[C@H](Cc2c[nH]c3ccccc23)NC(=O)[C@H](CCCNC(=N)N)NC(=O)[C@@H]2CCCN2C(=O)[C@H]2CCCN2C(=O)[C@H](CCCNC(=N)N)NC(=O)[C@H](Cc2ccc(O)cc2)NC(=O)[C@H](Cc2ccc(O)cc2)NC(=O)[C@H](CCCCN)NC(=O)[C@H](Cc2c[nH]c3ccccc23)NC(=O)[C@H](CCCNC(=N)N)NC(=O)[C@H](CCCNC(=N)N)NC(=O)[C@H](CCCCN)NC(=O)[C@H](C(C)C)NC1=O. The number of aromatic hydroxyl groups is 2. The number of phenols is 2. The summed E-state index contributed by atoms with van der Waals surface area (Å²) in [4.78, 5) is 225. The number of rotatable bonds is 35. The van der Waals surface area contributed by atoms with Crippen molar-refractivity contribution in [2.75, 3.05) is 52.4 Å². The van der Waals surface area contributed by atoms with Crippen molar-refractivity contribution in [2.24, 2.45) is 46.2 Å². The molecule has 14 amide bonds. The molecule has 4 aromatic carbocycles. The van der Waals surface area contributed by atoms with Crippen molar-refractivity contribution in [2.45, 2.75) is 260 Å². The van der Waals surface area contributed by atoms with Gasteiger partial charge in [0.15, 0.2) is 23.8 Å². The number of para-hydroxylation sites is 2. The molecule has 9 rings (SSSR count). The topological polar surface area (TPSA) is 761 Å². The third-order valence-electron chi connectivity index (χ3n) is 25.3. The molecular weight excluding hydrogens is 1840 g/mol. The van der Waals surface area contributed by atoms with E-state index in [1.165, 1.54) is 58.3 Å². The molecular formula is C97H144N30O16. The standard InChI is InChI=1S/C97H144N30O16/c1-54(2)47-72-89(139)125-79(55(3)4)91(141)118-67(24-10-12-40-99)80(130)114-68(25-13-41-108-94(100)101)81(131)115-69(26-14-42-109-95(102)103)83(133)123-75(50-58-52-112-64-21-7-5-19-62(58)64)87(137)116-66(23-9-11-39-98)82(132)121-74(49-57-33-37-61(129)38-34-57)86(136)122-73(48-56-31-35-60(128)36-32-56)85(135)119-71(28-16-44-111-97(106)107)92(142)127-46-18-30-78(127)93(143)126-45-17-29-77(126)90(140)117-70(27-15-43-110-96(104)105)84(134)124-76(88(138)120-72)51-59-53-113-65-22-8-6-20-63(59)65/h5-8,19-22,31-38,52-55,66-79,112-113,128-129H,9-18,23-30,39-51,98-99H2,1-4H3,(H,114,130)(H,115,131)(H,116,137)(H,117,140)(H,118,141)(H,119,135)(H,120,138)(H,121,132)(H,122,136)(H,123,133)(H,124,134)(H,125,139)(H4,100,101,108)(H4,102,103,109)(H4,104,105,110)(H4,106,107,111)/t66-,67-,68-,69-,70-,71-,72-,73-,74-,75-,76-,77-,78+,79-/m0/s1. The summed E-state index contributed by atoms with van der Waals surface area (Å²) in [6, 6.07) is 4.60. The van der Waals surface area contributed by atoms with Crippen LogP contribution in [-0.4, -0.2) is 273 Å². The number of phenolic OH excluding ortho intramolecular Hbond substituents is 2. The Morgan fingerprint density at radius 2 is 0.650 bits per heavy atom. The van der Waals surface area contributed by atoms with Crippen molar-refractivity contribution in [1.82, 2.24) is 105 Å². The maximum atomic E-state index is 15.7. The van der Waals surface area contributed by atoms with Crippen LogP contribution in [0.4, 0.5) is 0 Å². The van der Waals surface area contributed by atoms with Crippen LogP contribution >= 0.6 is 0 Å². The van der Waals surface area contributed by atoms with Crippen molar-refractivity contribution < 1.29 is 77.3 Å². The summed E-state index contributed by atoms with van der Waals surface area (Å²) in [5.74, 6) is -15.4. The first-order chi connectivity index (χ1) is 68.4. The maximum absolute atomic E-state index is 15.7.